The van der Waals surface area contributed by atoms with Crippen molar-refractivity contribution in [3.63, 3.8) is 0 Å². The summed E-state index contributed by atoms with van der Waals surface area (Å²) in [6.07, 6.45) is -16.7. The third-order valence-corrected chi connectivity index (χ3v) is 19.2. The molecule has 6 saturated heterocycles. The summed E-state index contributed by atoms with van der Waals surface area (Å²) >= 11 is 0. The maximum Gasteiger partial charge on any atom is 0.306 e. The second-order valence-electron chi connectivity index (χ2n) is 27.0. The van der Waals surface area contributed by atoms with Gasteiger partial charge < -0.3 is 113 Å². The van der Waals surface area contributed by atoms with Crippen LogP contribution < -0.4 is 0 Å². The van der Waals surface area contributed by atoms with Crippen LogP contribution in [-0.2, 0) is 76.0 Å². The molecule has 26 heteroatoms. The number of hydrogen-bond donors (Lipinski definition) is 10. The van der Waals surface area contributed by atoms with Gasteiger partial charge in [0.05, 0.1) is 37.6 Å². The van der Waals surface area contributed by atoms with Crippen molar-refractivity contribution < 1.29 is 127 Å². The number of carbonyl (C=O) groups is 3. The molecule has 0 spiro atoms. The smallest absolute Gasteiger partial charge is 0.306 e. The maximum atomic E-state index is 14.4. The Kier molecular flexibility index (Phi) is 36.6. The molecule has 10 N–H and O–H groups in total. The first-order chi connectivity index (χ1) is 45.3. The summed E-state index contributed by atoms with van der Waals surface area (Å²) in [5, 5.41) is 113. The van der Waals surface area contributed by atoms with E-state index >= 15 is 0 Å². The Hall–Kier alpha value is -2.39. The lowest BCUT2D eigenvalue weighted by molar-refractivity contribution is -0.400. The largest absolute Gasteiger partial charge is 0.457 e. The Labute approximate surface area is 556 Å². The molecule has 26 atom stereocenters. The second kappa shape index (κ2) is 42.7. The van der Waals surface area contributed by atoms with Gasteiger partial charge in [-0.25, -0.2) is 0 Å². The first kappa shape index (κ1) is 80.6. The van der Waals surface area contributed by atoms with E-state index in [1.807, 2.05) is 0 Å². The zero-order valence-electron chi connectivity index (χ0n) is 56.8. The Bertz CT molecular complexity index is 2100. The molecule has 94 heavy (non-hydrogen) atoms. The van der Waals surface area contributed by atoms with E-state index in [0.29, 0.717) is 38.5 Å². The normalized spacial score (nSPS) is 39.1. The van der Waals surface area contributed by atoms with Crippen LogP contribution in [-0.4, -0.2) is 242 Å². The molecular weight excluding hydrogens is 1230 g/mol. The predicted molar refractivity (Wildman–Crippen MR) is 337 cm³/mol. The molecule has 0 aliphatic carbocycles. The van der Waals surface area contributed by atoms with Gasteiger partial charge in [-0.2, -0.15) is 0 Å². The van der Waals surface area contributed by atoms with Crippen molar-refractivity contribution in [1.82, 2.24) is 0 Å². The van der Waals surface area contributed by atoms with E-state index in [0.717, 1.165) is 141 Å². The van der Waals surface area contributed by atoms with Crippen LogP contribution in [0.2, 0.25) is 0 Å². The van der Waals surface area contributed by atoms with Gasteiger partial charge in [0, 0.05) is 19.3 Å². The number of hydrogen-bond acceptors (Lipinski definition) is 26. The van der Waals surface area contributed by atoms with Crippen LogP contribution in [0.5, 0.6) is 0 Å². The quantitative estimate of drug-likeness (QED) is 0.0230. The summed E-state index contributed by atoms with van der Waals surface area (Å²) in [5.41, 5.74) is 0. The van der Waals surface area contributed by atoms with Crippen molar-refractivity contribution in [2.75, 3.05) is 13.2 Å². The van der Waals surface area contributed by atoms with Crippen LogP contribution in [0.1, 0.15) is 241 Å². The van der Waals surface area contributed by atoms with E-state index < -0.39 is 185 Å². The van der Waals surface area contributed by atoms with Gasteiger partial charge in [-0.15, -0.1) is 0 Å². The number of aliphatic hydroxyl groups excluding tert-OH is 10. The molecule has 0 amide bonds. The number of unbranched alkanes of at least 4 members (excludes halogenated alkanes) is 16. The van der Waals surface area contributed by atoms with Crippen LogP contribution in [0.4, 0.5) is 0 Å². The van der Waals surface area contributed by atoms with Gasteiger partial charge in [0.25, 0.3) is 0 Å². The lowest BCUT2D eigenvalue weighted by atomic mass is 9.95. The van der Waals surface area contributed by atoms with E-state index in [-0.39, 0.29) is 25.4 Å². The van der Waals surface area contributed by atoms with Crippen molar-refractivity contribution in [3.8, 4) is 0 Å². The van der Waals surface area contributed by atoms with Crippen LogP contribution in [0.3, 0.4) is 0 Å². The molecule has 0 saturated carbocycles. The van der Waals surface area contributed by atoms with Crippen LogP contribution in [0.25, 0.3) is 0 Å². The Morgan fingerprint density at radius 3 is 1.47 bits per heavy atom. The Balaban J connectivity index is 1.33. The molecule has 6 aliphatic rings. The van der Waals surface area contributed by atoms with Crippen LogP contribution in [0, 0.1) is 0 Å². The number of fused-ring (bicyclic) bond motifs is 2. The van der Waals surface area contributed by atoms with Gasteiger partial charge in [0.1, 0.15) is 85.5 Å². The number of carbonyl (C=O) groups excluding carboxylic acids is 3. The van der Waals surface area contributed by atoms with Crippen molar-refractivity contribution in [1.29, 1.82) is 0 Å². The summed E-state index contributed by atoms with van der Waals surface area (Å²) in [6, 6.07) is 0. The van der Waals surface area contributed by atoms with E-state index in [2.05, 4.69) is 20.8 Å². The first-order valence-electron chi connectivity index (χ1n) is 36.1. The molecule has 6 fully saturated rings. The summed E-state index contributed by atoms with van der Waals surface area (Å²) in [7, 11) is 0. The van der Waals surface area contributed by atoms with Crippen molar-refractivity contribution in [2.24, 2.45) is 0 Å². The highest BCUT2D eigenvalue weighted by Gasteiger charge is 2.59. The fourth-order valence-electron chi connectivity index (χ4n) is 13.4. The zero-order valence-corrected chi connectivity index (χ0v) is 56.8. The Morgan fingerprint density at radius 2 is 0.862 bits per heavy atom. The van der Waals surface area contributed by atoms with Crippen LogP contribution >= 0.6 is 0 Å². The molecule has 0 aromatic rings. The summed E-state index contributed by atoms with van der Waals surface area (Å²) in [5.74, 6) is -2.12. The van der Waals surface area contributed by atoms with Crippen molar-refractivity contribution in [3.05, 3.63) is 0 Å². The van der Waals surface area contributed by atoms with E-state index in [1.54, 1.807) is 0 Å². The highest BCUT2D eigenvalue weighted by Crippen LogP contribution is 2.40. The third-order valence-electron chi connectivity index (χ3n) is 19.2. The van der Waals surface area contributed by atoms with Gasteiger partial charge >= 0.3 is 17.9 Å². The maximum absolute atomic E-state index is 14.4. The molecule has 0 aromatic carbocycles. The van der Waals surface area contributed by atoms with E-state index in [1.165, 1.54) is 20.8 Å². The molecule has 26 nitrogen and oxygen atoms in total. The number of ether oxygens (including phenoxy) is 13. The SMILES string of the molecule is CCCCCCCCCCCC(=O)OC1C(OC2C(C)OC3OC4C(OC(CCCCC)CCCCCCCCCC(=O)OC3C2O)OC(CO)C(O)C4O)OC(C)C(OC2OC(C)C(OC(=O)CCCCCCCCC)C(O)C2O)C1OC1OC(CO)C(O)C(O)C1O. The van der Waals surface area contributed by atoms with E-state index in [9.17, 15) is 65.4 Å². The minimum absolute atomic E-state index is 0.0623. The fraction of sp³-hybridized carbons (Fsp3) is 0.956. The van der Waals surface area contributed by atoms with Crippen LogP contribution in [0.15, 0.2) is 0 Å². The molecule has 0 radical (unpaired) electrons. The van der Waals surface area contributed by atoms with Gasteiger partial charge in [-0.1, -0.05) is 168 Å². The Morgan fingerprint density at radius 1 is 0.404 bits per heavy atom. The molecule has 0 bridgehead atoms. The molecule has 548 valence electrons. The first-order valence-corrected chi connectivity index (χ1v) is 36.1. The van der Waals surface area contributed by atoms with E-state index in [4.69, 9.17) is 61.6 Å². The van der Waals surface area contributed by atoms with Crippen molar-refractivity contribution >= 4 is 17.9 Å². The summed E-state index contributed by atoms with van der Waals surface area (Å²) in [6.45, 7) is 9.36. The van der Waals surface area contributed by atoms with Crippen molar-refractivity contribution in [2.45, 2.75) is 400 Å². The molecule has 0 aromatic heterocycles. The average molecular weight is 1350 g/mol. The number of aliphatic hydroxyl groups is 10. The molecular formula is C68H120O26. The molecule has 26 unspecified atom stereocenters. The molecule has 6 heterocycles. The number of esters is 3. The highest BCUT2D eigenvalue weighted by atomic mass is 16.8. The standard InChI is InChI=1S/C68H120O26/c1-7-10-13-15-17-18-22-26-32-37-48(73)90-63-62(94-65-54(79)51(76)49(74)44(38-69)86-65)59(92-64-55(80)53(78)57(40(4)82-64)88-46(71)35-30-25-20-16-14-11-8-2)42(6)84-68(63)91-58-41(5)83-66-61(56(58)81)89-47(72)36-31-27-23-19-21-24-29-34-43(33-28-12-9-3)85-67-60(93-66)52(77)50(75)45(39-70)87-67/h40-45,49-70,74-81H,7-39H2,1-6H3. The lowest BCUT2D eigenvalue weighted by Crippen LogP contribution is -2.68. The molecule has 6 rings (SSSR count). The van der Waals surface area contributed by atoms with Gasteiger partial charge in [-0.3, -0.25) is 14.4 Å². The summed E-state index contributed by atoms with van der Waals surface area (Å²) < 4.78 is 82.3. The topological polar surface area (TPSA) is 374 Å². The van der Waals surface area contributed by atoms with Gasteiger partial charge in [-0.05, 0) is 52.9 Å². The fourth-order valence-corrected chi connectivity index (χ4v) is 13.4. The van der Waals surface area contributed by atoms with Gasteiger partial charge in [0.15, 0.2) is 49.8 Å². The predicted octanol–water partition coefficient (Wildman–Crippen LogP) is 5.37. The monoisotopic (exact) mass is 1350 g/mol. The number of rotatable bonds is 32. The zero-order chi connectivity index (χ0) is 68.3. The molecule has 6 aliphatic heterocycles. The minimum Gasteiger partial charge on any atom is -0.457 e. The highest BCUT2D eigenvalue weighted by molar-refractivity contribution is 5.70. The average Bonchev–Trinajstić information content (AvgIpc) is 0.783. The van der Waals surface area contributed by atoms with Gasteiger partial charge in [0.2, 0.25) is 0 Å². The summed E-state index contributed by atoms with van der Waals surface area (Å²) in [4.78, 5) is 41.5. The third kappa shape index (κ3) is 24.2. The minimum atomic E-state index is -2.03. The second-order valence-corrected chi connectivity index (χ2v) is 27.0. The lowest BCUT2D eigenvalue weighted by Gasteiger charge is -2.51.